The molecule has 0 bridgehead atoms. The zero-order chi connectivity index (χ0) is 11.5. The van der Waals surface area contributed by atoms with Crippen molar-refractivity contribution in [1.29, 1.82) is 0 Å². The maximum Gasteiger partial charge on any atom is 0.292 e. The van der Waals surface area contributed by atoms with Gasteiger partial charge in [-0.15, -0.1) is 0 Å². The second-order valence-electron chi connectivity index (χ2n) is 3.72. The average molecular weight is 225 g/mol. The molecule has 0 aliphatic carbocycles. The van der Waals surface area contributed by atoms with Crippen molar-refractivity contribution in [2.45, 2.75) is 6.61 Å². The zero-order valence-electron chi connectivity index (χ0n) is 9.17. The zero-order valence-corrected chi connectivity index (χ0v) is 9.17. The Bertz CT molecular complexity index is 616. The Morgan fingerprint density at radius 3 is 2.82 bits per heavy atom. The quantitative estimate of drug-likeness (QED) is 0.685. The first-order chi connectivity index (χ1) is 8.43. The molecule has 3 nitrogen and oxygen atoms in total. The van der Waals surface area contributed by atoms with E-state index in [9.17, 15) is 0 Å². The molecule has 0 radical (unpaired) electrons. The van der Waals surface area contributed by atoms with Gasteiger partial charge in [-0.1, -0.05) is 24.3 Å². The van der Waals surface area contributed by atoms with E-state index in [1.54, 1.807) is 12.5 Å². The van der Waals surface area contributed by atoms with Gasteiger partial charge in [0.15, 0.2) is 0 Å². The van der Waals surface area contributed by atoms with Crippen LogP contribution in [-0.4, -0.2) is 4.98 Å². The van der Waals surface area contributed by atoms with E-state index in [0.717, 1.165) is 16.5 Å². The minimum Gasteiger partial charge on any atom is -0.458 e. The molecule has 0 atom stereocenters. The molecule has 0 fully saturated rings. The Hall–Kier alpha value is -2.29. The third kappa shape index (κ3) is 1.99. The number of pyridine rings is 1. The van der Waals surface area contributed by atoms with Crippen LogP contribution in [-0.2, 0) is 6.61 Å². The van der Waals surface area contributed by atoms with Crippen LogP contribution in [0.3, 0.4) is 0 Å². The molecule has 1 aromatic carbocycles. The summed E-state index contributed by atoms with van der Waals surface area (Å²) in [5, 5.41) is 2.03. The molecule has 0 saturated heterocycles. The fourth-order valence-electron chi connectivity index (χ4n) is 1.70. The van der Waals surface area contributed by atoms with Crippen LogP contribution < -0.4 is 4.74 Å². The first kappa shape index (κ1) is 9.90. The number of rotatable bonds is 3. The summed E-state index contributed by atoms with van der Waals surface area (Å²) in [6, 6.07) is 13.6. The van der Waals surface area contributed by atoms with E-state index in [1.807, 2.05) is 42.5 Å². The maximum absolute atomic E-state index is 5.62. The van der Waals surface area contributed by atoms with Crippen LogP contribution in [0.25, 0.3) is 10.8 Å². The summed E-state index contributed by atoms with van der Waals surface area (Å²) < 4.78 is 11.0. The van der Waals surface area contributed by atoms with E-state index in [4.69, 9.17) is 9.15 Å². The van der Waals surface area contributed by atoms with E-state index in [2.05, 4.69) is 4.98 Å². The van der Waals surface area contributed by atoms with Crippen LogP contribution in [0.15, 0.2) is 59.3 Å². The first-order valence-corrected chi connectivity index (χ1v) is 5.42. The minimum absolute atomic E-state index is 0.415. The molecule has 2 aromatic heterocycles. The van der Waals surface area contributed by atoms with Gasteiger partial charge < -0.3 is 9.15 Å². The van der Waals surface area contributed by atoms with Gasteiger partial charge >= 0.3 is 0 Å². The molecule has 84 valence electrons. The molecule has 0 amide bonds. The highest BCUT2D eigenvalue weighted by Gasteiger charge is 2.06. The van der Waals surface area contributed by atoms with Crippen molar-refractivity contribution in [2.24, 2.45) is 0 Å². The maximum atomic E-state index is 5.62. The van der Waals surface area contributed by atoms with Gasteiger partial charge in [-0.25, -0.2) is 0 Å². The summed E-state index contributed by atoms with van der Waals surface area (Å²) in [5.41, 5.74) is 0.882. The predicted molar refractivity (Wildman–Crippen MR) is 64.8 cm³/mol. The van der Waals surface area contributed by atoms with Gasteiger partial charge in [0, 0.05) is 11.6 Å². The third-order valence-corrected chi connectivity index (χ3v) is 2.55. The standard InChI is InChI=1S/C14H11NO2/c1-2-7-13-11(5-1)9-16-14(13)17-10-12-6-3-4-8-15-12/h1-9H,10H2. The molecule has 0 spiro atoms. The fourth-order valence-corrected chi connectivity index (χ4v) is 1.70. The molecule has 2 heterocycles. The lowest BCUT2D eigenvalue weighted by molar-refractivity contribution is 0.233. The van der Waals surface area contributed by atoms with Crippen molar-refractivity contribution in [3.8, 4) is 5.95 Å². The number of hydrogen-bond acceptors (Lipinski definition) is 3. The van der Waals surface area contributed by atoms with Crippen molar-refractivity contribution in [2.75, 3.05) is 0 Å². The van der Waals surface area contributed by atoms with Crippen LogP contribution in [0.2, 0.25) is 0 Å². The predicted octanol–water partition coefficient (Wildman–Crippen LogP) is 3.41. The SMILES string of the molecule is c1ccc(COc2occ3ccccc23)nc1. The highest BCUT2D eigenvalue weighted by atomic mass is 16.6. The van der Waals surface area contributed by atoms with Crippen molar-refractivity contribution in [3.63, 3.8) is 0 Å². The molecule has 3 heteroatoms. The van der Waals surface area contributed by atoms with Gasteiger partial charge in [0.2, 0.25) is 0 Å². The molecule has 0 saturated carbocycles. The van der Waals surface area contributed by atoms with Crippen molar-refractivity contribution in [3.05, 3.63) is 60.6 Å². The molecule has 0 unspecified atom stereocenters. The molecular weight excluding hydrogens is 214 g/mol. The summed E-state index contributed by atoms with van der Waals surface area (Å²) in [6.45, 7) is 0.415. The molecule has 0 aliphatic rings. The minimum atomic E-state index is 0.415. The summed E-state index contributed by atoms with van der Waals surface area (Å²) in [4.78, 5) is 4.19. The van der Waals surface area contributed by atoms with Gasteiger partial charge in [-0.3, -0.25) is 4.98 Å². The van der Waals surface area contributed by atoms with Gasteiger partial charge in [-0.2, -0.15) is 0 Å². The lowest BCUT2D eigenvalue weighted by atomic mass is 10.2. The highest BCUT2D eigenvalue weighted by molar-refractivity contribution is 5.86. The molecule has 17 heavy (non-hydrogen) atoms. The molecule has 3 rings (SSSR count). The number of fused-ring (bicyclic) bond motifs is 1. The first-order valence-electron chi connectivity index (χ1n) is 5.42. The molecular formula is C14H11NO2. The number of furan rings is 1. The number of hydrogen-bond donors (Lipinski definition) is 0. The monoisotopic (exact) mass is 225 g/mol. The normalized spacial score (nSPS) is 10.6. The Kier molecular flexibility index (Phi) is 2.50. The van der Waals surface area contributed by atoms with Crippen LogP contribution in [0.1, 0.15) is 5.69 Å². The van der Waals surface area contributed by atoms with Gasteiger partial charge in [0.05, 0.1) is 11.1 Å². The van der Waals surface area contributed by atoms with E-state index in [1.165, 1.54) is 0 Å². The lowest BCUT2D eigenvalue weighted by Crippen LogP contribution is -1.96. The topological polar surface area (TPSA) is 35.3 Å². The summed E-state index contributed by atoms with van der Waals surface area (Å²) >= 11 is 0. The van der Waals surface area contributed by atoms with Crippen LogP contribution in [0.5, 0.6) is 5.95 Å². The summed E-state index contributed by atoms with van der Waals surface area (Å²) in [6.07, 6.45) is 3.45. The molecule has 0 N–H and O–H groups in total. The summed E-state index contributed by atoms with van der Waals surface area (Å²) in [5.74, 6) is 0.547. The Balaban J connectivity index is 1.82. The van der Waals surface area contributed by atoms with E-state index in [0.29, 0.717) is 12.6 Å². The number of benzene rings is 1. The van der Waals surface area contributed by atoms with Crippen LogP contribution in [0.4, 0.5) is 0 Å². The lowest BCUT2D eigenvalue weighted by Gasteiger charge is -2.02. The fraction of sp³-hybridized carbons (Fsp3) is 0.0714. The van der Waals surface area contributed by atoms with Crippen molar-refractivity contribution >= 4 is 10.8 Å². The third-order valence-electron chi connectivity index (χ3n) is 2.55. The highest BCUT2D eigenvalue weighted by Crippen LogP contribution is 2.27. The number of aromatic nitrogens is 1. The largest absolute Gasteiger partial charge is 0.458 e. The van der Waals surface area contributed by atoms with Crippen LogP contribution in [0, 0.1) is 0 Å². The van der Waals surface area contributed by atoms with E-state index < -0.39 is 0 Å². The smallest absolute Gasteiger partial charge is 0.292 e. The average Bonchev–Trinajstić information content (AvgIpc) is 2.81. The second kappa shape index (κ2) is 4.29. The van der Waals surface area contributed by atoms with Crippen molar-refractivity contribution < 1.29 is 9.15 Å². The Morgan fingerprint density at radius 2 is 1.94 bits per heavy atom. The Labute approximate surface area is 98.7 Å². The number of nitrogens with zero attached hydrogens (tertiary/aromatic N) is 1. The Morgan fingerprint density at radius 1 is 1.06 bits per heavy atom. The number of ether oxygens (including phenoxy) is 1. The van der Waals surface area contributed by atoms with Gasteiger partial charge in [0.25, 0.3) is 5.95 Å². The van der Waals surface area contributed by atoms with Crippen LogP contribution >= 0.6 is 0 Å². The van der Waals surface area contributed by atoms with Gasteiger partial charge in [0.1, 0.15) is 12.9 Å². The second-order valence-corrected chi connectivity index (χ2v) is 3.72. The van der Waals surface area contributed by atoms with Gasteiger partial charge in [-0.05, 0) is 18.2 Å². The summed E-state index contributed by atoms with van der Waals surface area (Å²) in [7, 11) is 0. The van der Waals surface area contributed by atoms with E-state index >= 15 is 0 Å². The molecule has 3 aromatic rings. The van der Waals surface area contributed by atoms with Crippen molar-refractivity contribution in [1.82, 2.24) is 4.98 Å². The molecule has 0 aliphatic heterocycles. The van der Waals surface area contributed by atoms with E-state index in [-0.39, 0.29) is 0 Å².